The minimum atomic E-state index is 0.0645. The van der Waals surface area contributed by atoms with Crippen molar-refractivity contribution in [3.63, 3.8) is 0 Å². The van der Waals surface area contributed by atoms with Gasteiger partial charge in [-0.2, -0.15) is 0 Å². The van der Waals surface area contributed by atoms with Crippen molar-refractivity contribution < 1.29 is 9.53 Å². The van der Waals surface area contributed by atoms with Gasteiger partial charge in [0.25, 0.3) is 5.91 Å². The number of carbonyl (C=O) groups is 1. The van der Waals surface area contributed by atoms with Crippen LogP contribution in [0.2, 0.25) is 0 Å². The van der Waals surface area contributed by atoms with Gasteiger partial charge in [0, 0.05) is 43.5 Å². The van der Waals surface area contributed by atoms with Crippen LogP contribution in [0.25, 0.3) is 0 Å². The van der Waals surface area contributed by atoms with Crippen LogP contribution in [-0.4, -0.2) is 53.5 Å². The number of rotatable bonds is 5. The van der Waals surface area contributed by atoms with Gasteiger partial charge in [-0.25, -0.2) is 4.98 Å². The number of thiazole rings is 1. The second kappa shape index (κ2) is 9.26. The molecule has 1 aromatic heterocycles. The lowest BCUT2D eigenvalue weighted by Crippen LogP contribution is -2.38. The zero-order valence-electron chi connectivity index (χ0n) is 18.3. The van der Waals surface area contributed by atoms with E-state index >= 15 is 0 Å². The molecule has 1 fully saturated rings. The molecule has 1 aliphatic rings. The standard InChI is InChI=1S/C23H33N3O2S/c1-17-11-18(2)13-20(12-17)28-15-21(27)26-8-6-7-25(9-10-26)14-19-16-29-22(24-19)23(3,4)5/h11-13,16H,6-10,14-15H2,1-5H3. The Morgan fingerprint density at radius 2 is 1.83 bits per heavy atom. The van der Waals surface area contributed by atoms with Crippen LogP contribution in [0.5, 0.6) is 5.75 Å². The largest absolute Gasteiger partial charge is 0.484 e. The summed E-state index contributed by atoms with van der Waals surface area (Å²) in [6.07, 6.45) is 0.978. The summed E-state index contributed by atoms with van der Waals surface area (Å²) < 4.78 is 5.77. The van der Waals surface area contributed by atoms with Crippen molar-refractivity contribution >= 4 is 17.2 Å². The monoisotopic (exact) mass is 415 g/mol. The summed E-state index contributed by atoms with van der Waals surface area (Å²) in [5, 5.41) is 3.36. The highest BCUT2D eigenvalue weighted by Gasteiger charge is 2.22. The van der Waals surface area contributed by atoms with Gasteiger partial charge in [-0.15, -0.1) is 11.3 Å². The number of carbonyl (C=O) groups excluding carboxylic acids is 1. The van der Waals surface area contributed by atoms with Crippen molar-refractivity contribution in [3.8, 4) is 5.75 Å². The first-order valence-electron chi connectivity index (χ1n) is 10.4. The molecule has 0 atom stereocenters. The van der Waals surface area contributed by atoms with Gasteiger partial charge in [0.15, 0.2) is 6.61 Å². The number of aryl methyl sites for hydroxylation is 2. The number of aromatic nitrogens is 1. The first-order valence-corrected chi connectivity index (χ1v) is 11.2. The third-order valence-corrected chi connectivity index (χ3v) is 6.39. The predicted molar refractivity (Wildman–Crippen MR) is 119 cm³/mol. The van der Waals surface area contributed by atoms with Crippen LogP contribution in [0.3, 0.4) is 0 Å². The van der Waals surface area contributed by atoms with Crippen molar-refractivity contribution in [2.24, 2.45) is 0 Å². The maximum Gasteiger partial charge on any atom is 0.260 e. The van der Waals surface area contributed by atoms with Crippen molar-refractivity contribution in [3.05, 3.63) is 45.4 Å². The Hall–Kier alpha value is -1.92. The molecule has 0 aliphatic carbocycles. The van der Waals surface area contributed by atoms with E-state index in [2.05, 4.69) is 37.1 Å². The fourth-order valence-electron chi connectivity index (χ4n) is 3.58. The van der Waals surface area contributed by atoms with E-state index in [1.807, 2.05) is 30.9 Å². The Labute approximate surface area is 178 Å². The summed E-state index contributed by atoms with van der Waals surface area (Å²) in [6, 6.07) is 6.05. The van der Waals surface area contributed by atoms with Crippen molar-refractivity contribution in [2.75, 3.05) is 32.8 Å². The van der Waals surface area contributed by atoms with Crippen molar-refractivity contribution in [2.45, 2.75) is 53.0 Å². The average molecular weight is 416 g/mol. The smallest absolute Gasteiger partial charge is 0.260 e. The van der Waals surface area contributed by atoms with E-state index in [9.17, 15) is 4.79 Å². The van der Waals surface area contributed by atoms with Crippen molar-refractivity contribution in [1.29, 1.82) is 0 Å². The Morgan fingerprint density at radius 3 is 2.48 bits per heavy atom. The highest BCUT2D eigenvalue weighted by molar-refractivity contribution is 7.09. The minimum Gasteiger partial charge on any atom is -0.484 e. The Balaban J connectivity index is 1.50. The van der Waals surface area contributed by atoms with Gasteiger partial charge in [-0.3, -0.25) is 9.69 Å². The highest BCUT2D eigenvalue weighted by Crippen LogP contribution is 2.26. The van der Waals surface area contributed by atoms with Crippen LogP contribution < -0.4 is 4.74 Å². The van der Waals surface area contributed by atoms with Gasteiger partial charge in [-0.1, -0.05) is 26.8 Å². The first kappa shape index (κ1) is 21.8. The fraction of sp³-hybridized carbons (Fsp3) is 0.565. The Morgan fingerprint density at radius 1 is 1.10 bits per heavy atom. The van der Waals surface area contributed by atoms with Crippen LogP contribution >= 0.6 is 11.3 Å². The summed E-state index contributed by atoms with van der Waals surface area (Å²) in [7, 11) is 0. The summed E-state index contributed by atoms with van der Waals surface area (Å²) in [5.74, 6) is 0.833. The van der Waals surface area contributed by atoms with Gasteiger partial charge in [-0.05, 0) is 43.5 Å². The predicted octanol–water partition coefficient (Wildman–Crippen LogP) is 4.17. The van der Waals surface area contributed by atoms with Crippen LogP contribution in [0.1, 0.15) is 49.0 Å². The molecular formula is C23H33N3O2S. The van der Waals surface area contributed by atoms with Crippen LogP contribution in [-0.2, 0) is 16.8 Å². The molecule has 5 nitrogen and oxygen atoms in total. The Kier molecular flexibility index (Phi) is 6.96. The lowest BCUT2D eigenvalue weighted by atomic mass is 9.98. The quantitative estimate of drug-likeness (QED) is 0.735. The normalized spacial score (nSPS) is 16.0. The zero-order chi connectivity index (χ0) is 21.0. The maximum absolute atomic E-state index is 12.6. The average Bonchev–Trinajstić information content (AvgIpc) is 2.98. The molecule has 3 rings (SSSR count). The van der Waals surface area contributed by atoms with Gasteiger partial charge in [0.05, 0.1) is 10.7 Å². The molecule has 2 heterocycles. The molecule has 0 spiro atoms. The molecule has 0 bridgehead atoms. The highest BCUT2D eigenvalue weighted by atomic mass is 32.1. The van der Waals surface area contributed by atoms with E-state index in [1.165, 1.54) is 5.01 Å². The van der Waals surface area contributed by atoms with Gasteiger partial charge in [0.2, 0.25) is 0 Å². The van der Waals surface area contributed by atoms with Crippen LogP contribution in [0.15, 0.2) is 23.6 Å². The molecule has 0 unspecified atom stereocenters. The minimum absolute atomic E-state index is 0.0645. The summed E-state index contributed by atoms with van der Waals surface area (Å²) in [4.78, 5) is 21.8. The molecule has 6 heteroatoms. The number of hydrogen-bond donors (Lipinski definition) is 0. The molecule has 1 aliphatic heterocycles. The van der Waals surface area contributed by atoms with Gasteiger partial charge >= 0.3 is 0 Å². The molecule has 0 N–H and O–H groups in total. The SMILES string of the molecule is Cc1cc(C)cc(OCC(=O)N2CCCN(Cc3csc(C(C)(C)C)n3)CC2)c1. The molecule has 1 saturated heterocycles. The summed E-state index contributed by atoms with van der Waals surface area (Å²) in [6.45, 7) is 15.0. The molecule has 1 amide bonds. The summed E-state index contributed by atoms with van der Waals surface area (Å²) in [5.41, 5.74) is 3.53. The molecule has 1 aromatic carbocycles. The molecule has 0 radical (unpaired) electrons. The number of hydrogen-bond acceptors (Lipinski definition) is 5. The molecule has 2 aromatic rings. The van der Waals surface area contributed by atoms with E-state index in [1.54, 1.807) is 11.3 Å². The number of benzene rings is 1. The van der Waals surface area contributed by atoms with E-state index < -0.39 is 0 Å². The van der Waals surface area contributed by atoms with Gasteiger partial charge < -0.3 is 9.64 Å². The lowest BCUT2D eigenvalue weighted by molar-refractivity contribution is -0.133. The number of ether oxygens (including phenoxy) is 1. The molecular weight excluding hydrogens is 382 g/mol. The topological polar surface area (TPSA) is 45.7 Å². The van der Waals surface area contributed by atoms with E-state index in [4.69, 9.17) is 9.72 Å². The third kappa shape index (κ3) is 6.28. The zero-order valence-corrected chi connectivity index (χ0v) is 19.1. The van der Waals surface area contributed by atoms with Crippen molar-refractivity contribution in [1.82, 2.24) is 14.8 Å². The number of amides is 1. The molecule has 29 heavy (non-hydrogen) atoms. The third-order valence-electron chi connectivity index (χ3n) is 5.08. The fourth-order valence-corrected chi connectivity index (χ4v) is 4.48. The molecule has 158 valence electrons. The first-order chi connectivity index (χ1) is 13.7. The van der Waals surface area contributed by atoms with E-state index in [-0.39, 0.29) is 17.9 Å². The van der Waals surface area contributed by atoms with E-state index in [0.717, 1.165) is 61.7 Å². The maximum atomic E-state index is 12.6. The second-order valence-corrected chi connectivity index (χ2v) is 9.87. The van der Waals surface area contributed by atoms with Crippen LogP contribution in [0, 0.1) is 13.8 Å². The number of nitrogens with zero attached hydrogens (tertiary/aromatic N) is 3. The molecule has 0 saturated carbocycles. The van der Waals surface area contributed by atoms with E-state index in [0.29, 0.717) is 0 Å². The van der Waals surface area contributed by atoms with Crippen LogP contribution in [0.4, 0.5) is 0 Å². The van der Waals surface area contributed by atoms with Gasteiger partial charge in [0.1, 0.15) is 5.75 Å². The summed E-state index contributed by atoms with van der Waals surface area (Å²) >= 11 is 1.74. The second-order valence-electron chi connectivity index (χ2n) is 9.02. The lowest BCUT2D eigenvalue weighted by Gasteiger charge is -2.22. The Bertz CT molecular complexity index is 821.